The van der Waals surface area contributed by atoms with Crippen molar-refractivity contribution in [3.63, 3.8) is 0 Å². The van der Waals surface area contributed by atoms with Crippen molar-refractivity contribution in [3.05, 3.63) is 12.2 Å². The number of hydrogen-bond donors (Lipinski definition) is 2. The summed E-state index contributed by atoms with van der Waals surface area (Å²) in [5.41, 5.74) is -0.135. The van der Waals surface area contributed by atoms with Crippen molar-refractivity contribution in [2.24, 2.45) is 29.1 Å². The Morgan fingerprint density at radius 1 is 0.952 bits per heavy atom. The largest absolute Gasteiger partial charge is 0.481 e. The summed E-state index contributed by atoms with van der Waals surface area (Å²) in [7, 11) is 0. The minimum absolute atomic E-state index is 0.0911. The third-order valence-electron chi connectivity index (χ3n) is 6.24. The van der Waals surface area contributed by atoms with Gasteiger partial charge in [0.15, 0.2) is 0 Å². The zero-order valence-corrected chi connectivity index (χ0v) is 12.3. The molecule has 4 saturated carbocycles. The highest BCUT2D eigenvalue weighted by molar-refractivity contribution is 5.84. The number of carboxylic acids is 1. The van der Waals surface area contributed by atoms with E-state index >= 15 is 0 Å². The highest BCUT2D eigenvalue weighted by atomic mass is 16.4. The lowest BCUT2D eigenvalue weighted by Crippen LogP contribution is -2.54. The van der Waals surface area contributed by atoms with E-state index in [9.17, 15) is 9.59 Å². The molecule has 0 heterocycles. The molecule has 4 nitrogen and oxygen atoms in total. The summed E-state index contributed by atoms with van der Waals surface area (Å²) in [4.78, 5) is 23.8. The Bertz CT molecular complexity index is 475. The van der Waals surface area contributed by atoms with E-state index < -0.39 is 11.9 Å². The molecule has 4 bridgehead atoms. The van der Waals surface area contributed by atoms with Gasteiger partial charge in [0, 0.05) is 11.5 Å². The fourth-order valence-electron chi connectivity index (χ4n) is 5.70. The van der Waals surface area contributed by atoms with Crippen molar-refractivity contribution in [2.75, 3.05) is 0 Å². The first kappa shape index (κ1) is 13.4. The molecule has 2 atom stereocenters. The normalized spacial score (nSPS) is 46.8. The maximum atomic E-state index is 12.8. The monoisotopic (exact) mass is 289 g/mol. The number of rotatable bonds is 3. The van der Waals surface area contributed by atoms with Crippen LogP contribution in [0.15, 0.2) is 12.2 Å². The molecule has 2 unspecified atom stereocenters. The second-order valence-electron chi connectivity index (χ2n) is 7.84. The van der Waals surface area contributed by atoms with Gasteiger partial charge in [-0.05, 0) is 62.7 Å². The van der Waals surface area contributed by atoms with E-state index in [0.29, 0.717) is 6.42 Å². The lowest BCUT2D eigenvalue weighted by atomic mass is 9.49. The Hall–Kier alpha value is -1.32. The van der Waals surface area contributed by atoms with E-state index in [1.54, 1.807) is 6.08 Å². The first-order valence-corrected chi connectivity index (χ1v) is 8.26. The average molecular weight is 289 g/mol. The Labute approximate surface area is 125 Å². The summed E-state index contributed by atoms with van der Waals surface area (Å²) in [6, 6.07) is -0.0911. The topological polar surface area (TPSA) is 66.4 Å². The zero-order chi connectivity index (χ0) is 14.6. The summed E-state index contributed by atoms with van der Waals surface area (Å²) in [6.45, 7) is 0. The third kappa shape index (κ3) is 2.19. The van der Waals surface area contributed by atoms with E-state index in [1.807, 2.05) is 6.08 Å². The molecule has 0 aromatic carbocycles. The van der Waals surface area contributed by atoms with Crippen molar-refractivity contribution in [3.8, 4) is 0 Å². The number of aliphatic carboxylic acids is 1. The molecule has 4 heteroatoms. The summed E-state index contributed by atoms with van der Waals surface area (Å²) < 4.78 is 0. The maximum Gasteiger partial charge on any atom is 0.310 e. The van der Waals surface area contributed by atoms with E-state index in [0.717, 1.165) is 37.0 Å². The predicted octanol–water partition coefficient (Wildman–Crippen LogP) is 2.35. The van der Waals surface area contributed by atoms with Gasteiger partial charge in [0.1, 0.15) is 0 Å². The van der Waals surface area contributed by atoms with Gasteiger partial charge in [-0.3, -0.25) is 9.59 Å². The van der Waals surface area contributed by atoms with Crippen molar-refractivity contribution in [1.29, 1.82) is 0 Å². The molecule has 1 amide bonds. The smallest absolute Gasteiger partial charge is 0.310 e. The van der Waals surface area contributed by atoms with Crippen molar-refractivity contribution in [2.45, 2.75) is 51.0 Å². The second-order valence-corrected chi connectivity index (χ2v) is 7.84. The Kier molecular flexibility index (Phi) is 2.92. The molecular formula is C17H23NO3. The van der Waals surface area contributed by atoms with Gasteiger partial charge in [0.25, 0.3) is 0 Å². The minimum Gasteiger partial charge on any atom is -0.481 e. The Balaban J connectivity index is 1.44. The quantitative estimate of drug-likeness (QED) is 0.784. The van der Waals surface area contributed by atoms with Crippen molar-refractivity contribution < 1.29 is 14.7 Å². The molecule has 2 N–H and O–H groups in total. The van der Waals surface area contributed by atoms with Gasteiger partial charge in [-0.15, -0.1) is 0 Å². The molecule has 0 aromatic rings. The molecule has 5 rings (SSSR count). The molecule has 114 valence electrons. The Morgan fingerprint density at radius 3 is 2.00 bits per heavy atom. The lowest BCUT2D eigenvalue weighted by molar-refractivity contribution is -0.147. The second kappa shape index (κ2) is 4.59. The van der Waals surface area contributed by atoms with Crippen LogP contribution in [-0.2, 0) is 9.59 Å². The number of amides is 1. The van der Waals surface area contributed by atoms with Crippen molar-refractivity contribution in [1.82, 2.24) is 5.32 Å². The van der Waals surface area contributed by atoms with Crippen LogP contribution in [0.1, 0.15) is 44.9 Å². The molecule has 0 radical (unpaired) electrons. The highest BCUT2D eigenvalue weighted by Crippen LogP contribution is 2.60. The van der Waals surface area contributed by atoms with Crippen LogP contribution in [0.25, 0.3) is 0 Å². The first-order chi connectivity index (χ1) is 10.0. The lowest BCUT2D eigenvalue weighted by Gasteiger charge is -2.55. The van der Waals surface area contributed by atoms with Crippen LogP contribution in [-0.4, -0.2) is 23.0 Å². The molecule has 5 aliphatic rings. The summed E-state index contributed by atoms with van der Waals surface area (Å²) >= 11 is 0. The highest BCUT2D eigenvalue weighted by Gasteiger charge is 2.54. The molecular weight excluding hydrogens is 266 g/mol. The SMILES string of the molecule is O=C(O)C1C=CC(NC(=O)C23CC4CC(CC(C4)C2)C3)C1. The van der Waals surface area contributed by atoms with Gasteiger partial charge in [0.2, 0.25) is 5.91 Å². The molecule has 0 saturated heterocycles. The van der Waals surface area contributed by atoms with E-state index in [1.165, 1.54) is 19.3 Å². The third-order valence-corrected chi connectivity index (χ3v) is 6.24. The first-order valence-electron chi connectivity index (χ1n) is 8.26. The van der Waals surface area contributed by atoms with Crippen molar-refractivity contribution >= 4 is 11.9 Å². The molecule has 0 aliphatic heterocycles. The van der Waals surface area contributed by atoms with E-state index in [4.69, 9.17) is 5.11 Å². The number of carbonyl (C=O) groups is 2. The molecule has 5 aliphatic carbocycles. The predicted molar refractivity (Wildman–Crippen MR) is 77.4 cm³/mol. The van der Waals surface area contributed by atoms with Crippen LogP contribution in [0.5, 0.6) is 0 Å². The molecule has 21 heavy (non-hydrogen) atoms. The van der Waals surface area contributed by atoms with Gasteiger partial charge < -0.3 is 10.4 Å². The van der Waals surface area contributed by atoms with Gasteiger partial charge in [-0.1, -0.05) is 12.2 Å². The summed E-state index contributed by atoms with van der Waals surface area (Å²) in [5, 5.41) is 12.2. The summed E-state index contributed by atoms with van der Waals surface area (Å²) in [6.07, 6.45) is 11.2. The minimum atomic E-state index is -0.794. The number of hydrogen-bond acceptors (Lipinski definition) is 2. The summed E-state index contributed by atoms with van der Waals surface area (Å²) in [5.74, 6) is 1.24. The molecule has 4 fully saturated rings. The Morgan fingerprint density at radius 2 is 1.52 bits per heavy atom. The standard InChI is InChI=1S/C17H23NO3/c19-15(20)13-1-2-14(6-13)18-16(21)17-7-10-3-11(8-17)5-12(4-10)9-17/h1-2,10-14H,3-9H2,(H,18,21)(H,19,20). The fraction of sp³-hybridized carbons (Fsp3) is 0.765. The van der Waals surface area contributed by atoms with Crippen LogP contribution < -0.4 is 5.32 Å². The maximum absolute atomic E-state index is 12.8. The van der Waals surface area contributed by atoms with E-state index in [2.05, 4.69) is 5.32 Å². The van der Waals surface area contributed by atoms with Gasteiger partial charge >= 0.3 is 5.97 Å². The van der Waals surface area contributed by atoms with Crippen LogP contribution in [0.3, 0.4) is 0 Å². The van der Waals surface area contributed by atoms with Crippen LogP contribution in [0, 0.1) is 29.1 Å². The number of carboxylic acid groups (broad SMARTS) is 1. The van der Waals surface area contributed by atoms with Gasteiger partial charge in [-0.2, -0.15) is 0 Å². The number of nitrogens with one attached hydrogen (secondary N) is 1. The van der Waals surface area contributed by atoms with E-state index in [-0.39, 0.29) is 17.4 Å². The average Bonchev–Trinajstić information content (AvgIpc) is 2.85. The number of carbonyl (C=O) groups excluding carboxylic acids is 1. The van der Waals surface area contributed by atoms with Crippen LogP contribution >= 0.6 is 0 Å². The fourth-order valence-corrected chi connectivity index (χ4v) is 5.70. The van der Waals surface area contributed by atoms with Gasteiger partial charge in [0.05, 0.1) is 5.92 Å². The van der Waals surface area contributed by atoms with Crippen LogP contribution in [0.4, 0.5) is 0 Å². The van der Waals surface area contributed by atoms with Gasteiger partial charge in [-0.25, -0.2) is 0 Å². The zero-order valence-electron chi connectivity index (χ0n) is 12.3. The molecule has 0 spiro atoms. The molecule has 0 aromatic heterocycles. The van der Waals surface area contributed by atoms with Crippen LogP contribution in [0.2, 0.25) is 0 Å².